The number of hydrogen-bond acceptors (Lipinski definition) is 3. The van der Waals surface area contributed by atoms with E-state index in [9.17, 15) is 0 Å². The maximum absolute atomic E-state index is 4.22. The number of aromatic nitrogens is 3. The summed E-state index contributed by atoms with van der Waals surface area (Å²) < 4.78 is 1.07. The summed E-state index contributed by atoms with van der Waals surface area (Å²) in [4.78, 5) is 4.22. The second-order valence-electron chi connectivity index (χ2n) is 3.54. The van der Waals surface area contributed by atoms with Gasteiger partial charge in [-0.3, -0.25) is 0 Å². The van der Waals surface area contributed by atoms with Crippen LogP contribution in [0.2, 0.25) is 0 Å². The van der Waals surface area contributed by atoms with E-state index < -0.39 is 0 Å². The molecule has 14 heavy (non-hydrogen) atoms. The lowest BCUT2D eigenvalue weighted by atomic mass is 10.3. The minimum absolute atomic E-state index is 0.957. The van der Waals surface area contributed by atoms with Gasteiger partial charge in [0.15, 0.2) is 0 Å². The number of quaternary nitrogens is 1. The molecular weight excluding hydrogens is 176 g/mol. The van der Waals surface area contributed by atoms with Crippen LogP contribution in [0.1, 0.15) is 26.5 Å². The van der Waals surface area contributed by atoms with Crippen LogP contribution in [0.15, 0.2) is 12.5 Å². The van der Waals surface area contributed by atoms with Crippen molar-refractivity contribution in [2.45, 2.75) is 27.3 Å². The summed E-state index contributed by atoms with van der Waals surface area (Å²) in [5.74, 6) is 0. The van der Waals surface area contributed by atoms with Crippen molar-refractivity contribution in [2.24, 2.45) is 0 Å². The van der Waals surface area contributed by atoms with E-state index in [0.29, 0.717) is 0 Å². The van der Waals surface area contributed by atoms with Crippen molar-refractivity contribution in [1.29, 1.82) is 0 Å². The Balaban J connectivity index is 2.74. The lowest BCUT2D eigenvalue weighted by Gasteiger charge is -2.35. The molecule has 0 saturated carbocycles. The molecule has 0 aliphatic carbocycles. The van der Waals surface area contributed by atoms with Gasteiger partial charge in [0, 0.05) is 0 Å². The van der Waals surface area contributed by atoms with E-state index in [1.165, 1.54) is 6.33 Å². The van der Waals surface area contributed by atoms with E-state index in [0.717, 1.165) is 36.4 Å². The molecule has 1 heterocycles. The molecule has 4 nitrogen and oxygen atoms in total. The first-order valence-electron chi connectivity index (χ1n) is 5.23. The maximum atomic E-state index is 4.22. The molecule has 0 aliphatic rings. The molecule has 0 bridgehead atoms. The molecule has 4 heteroatoms. The number of rotatable bonds is 5. The minimum atomic E-state index is 0.957. The Morgan fingerprint density at radius 3 is 2.14 bits per heavy atom. The topological polar surface area (TPSA) is 38.7 Å². The Morgan fingerprint density at radius 1 is 1.07 bits per heavy atom. The third kappa shape index (κ3) is 2.48. The molecule has 0 fully saturated rings. The van der Waals surface area contributed by atoms with Crippen LogP contribution >= 0.6 is 0 Å². The zero-order chi connectivity index (χ0) is 10.4. The maximum Gasteiger partial charge on any atom is 0.138 e. The fraction of sp³-hybridized carbons (Fsp3) is 0.700. The van der Waals surface area contributed by atoms with Gasteiger partial charge in [0.25, 0.3) is 0 Å². The number of nitrogens with zero attached hydrogens (tertiary/aromatic N) is 4. The van der Waals surface area contributed by atoms with Crippen molar-refractivity contribution < 1.29 is 4.48 Å². The predicted octanol–water partition coefficient (Wildman–Crippen LogP) is 1.25. The Kier molecular flexibility index (Phi) is 3.95. The van der Waals surface area contributed by atoms with Crippen LogP contribution in [-0.2, 0) is 6.54 Å². The highest BCUT2D eigenvalue weighted by atomic mass is 15.3. The average Bonchev–Trinajstić information content (AvgIpc) is 2.28. The molecule has 0 amide bonds. The fourth-order valence-corrected chi connectivity index (χ4v) is 1.69. The third-order valence-electron chi connectivity index (χ3n) is 3.06. The minimum Gasteiger partial charge on any atom is -0.319 e. The third-order valence-corrected chi connectivity index (χ3v) is 3.06. The summed E-state index contributed by atoms with van der Waals surface area (Å²) in [6, 6.07) is 0. The highest BCUT2D eigenvalue weighted by Crippen LogP contribution is 2.10. The highest BCUT2D eigenvalue weighted by molar-refractivity contribution is 4.88. The quantitative estimate of drug-likeness (QED) is 0.664. The molecule has 0 N–H and O–H groups in total. The fourth-order valence-electron chi connectivity index (χ4n) is 1.69. The molecule has 78 valence electrons. The Labute approximate surface area is 85.6 Å². The van der Waals surface area contributed by atoms with Crippen LogP contribution in [0.5, 0.6) is 0 Å². The van der Waals surface area contributed by atoms with Gasteiger partial charge in [0.1, 0.15) is 18.6 Å². The largest absolute Gasteiger partial charge is 0.319 e. The van der Waals surface area contributed by atoms with Crippen molar-refractivity contribution in [3.8, 4) is 0 Å². The van der Waals surface area contributed by atoms with Crippen LogP contribution < -0.4 is 0 Å². The summed E-state index contributed by atoms with van der Waals surface area (Å²) in [5.41, 5.74) is 1.03. The van der Waals surface area contributed by atoms with Crippen molar-refractivity contribution in [2.75, 3.05) is 19.6 Å². The smallest absolute Gasteiger partial charge is 0.138 e. The SMILES string of the molecule is CC[N+](CC)(CC)Cc1cnncn1. The van der Waals surface area contributed by atoms with Gasteiger partial charge >= 0.3 is 0 Å². The van der Waals surface area contributed by atoms with E-state index >= 15 is 0 Å². The molecule has 0 atom stereocenters. The molecule has 0 radical (unpaired) electrons. The molecule has 0 unspecified atom stereocenters. The molecule has 0 saturated heterocycles. The normalized spacial score (nSPS) is 11.6. The summed E-state index contributed by atoms with van der Waals surface area (Å²) in [5, 5.41) is 7.53. The van der Waals surface area contributed by atoms with E-state index in [1.54, 1.807) is 6.20 Å². The van der Waals surface area contributed by atoms with Crippen LogP contribution in [0.3, 0.4) is 0 Å². The molecule has 1 aromatic rings. The standard InChI is InChI=1S/C10H19N4/c1-4-14(5-2,6-3)8-10-7-12-13-9-11-10/h7,9H,4-6,8H2,1-3H3/q+1. The van der Waals surface area contributed by atoms with Crippen LogP contribution in [0, 0.1) is 0 Å². The Hall–Kier alpha value is -1.03. The molecule has 0 spiro atoms. The lowest BCUT2D eigenvalue weighted by molar-refractivity contribution is -0.936. The summed E-state index contributed by atoms with van der Waals surface area (Å²) in [6.07, 6.45) is 3.28. The van der Waals surface area contributed by atoms with Gasteiger partial charge in [-0.2, -0.15) is 5.10 Å². The first-order chi connectivity index (χ1) is 6.76. The van der Waals surface area contributed by atoms with Crippen molar-refractivity contribution >= 4 is 0 Å². The van der Waals surface area contributed by atoms with Crippen LogP contribution in [-0.4, -0.2) is 39.3 Å². The molecular formula is C10H19N4+. The van der Waals surface area contributed by atoms with E-state index in [2.05, 4.69) is 36.0 Å². The molecule has 0 aromatic carbocycles. The summed E-state index contributed by atoms with van der Waals surface area (Å²) in [7, 11) is 0. The van der Waals surface area contributed by atoms with E-state index in [-0.39, 0.29) is 0 Å². The van der Waals surface area contributed by atoms with Crippen LogP contribution in [0.25, 0.3) is 0 Å². The van der Waals surface area contributed by atoms with Gasteiger partial charge in [-0.15, -0.1) is 5.10 Å². The zero-order valence-corrected chi connectivity index (χ0v) is 9.27. The van der Waals surface area contributed by atoms with E-state index in [4.69, 9.17) is 0 Å². The van der Waals surface area contributed by atoms with Crippen LogP contribution in [0.4, 0.5) is 0 Å². The van der Waals surface area contributed by atoms with Gasteiger partial charge in [0.2, 0.25) is 0 Å². The van der Waals surface area contributed by atoms with Gasteiger partial charge in [-0.1, -0.05) is 0 Å². The molecule has 0 aliphatic heterocycles. The van der Waals surface area contributed by atoms with Gasteiger partial charge in [0.05, 0.1) is 25.8 Å². The highest BCUT2D eigenvalue weighted by Gasteiger charge is 2.21. The first-order valence-corrected chi connectivity index (χ1v) is 5.23. The second kappa shape index (κ2) is 5.00. The second-order valence-corrected chi connectivity index (χ2v) is 3.54. The Bertz CT molecular complexity index is 248. The predicted molar refractivity (Wildman–Crippen MR) is 55.4 cm³/mol. The van der Waals surface area contributed by atoms with Gasteiger partial charge < -0.3 is 4.48 Å². The summed E-state index contributed by atoms with van der Waals surface area (Å²) in [6.45, 7) is 11.0. The lowest BCUT2D eigenvalue weighted by Crippen LogP contribution is -2.46. The van der Waals surface area contributed by atoms with Gasteiger partial charge in [-0.05, 0) is 20.8 Å². The Morgan fingerprint density at radius 2 is 1.71 bits per heavy atom. The van der Waals surface area contributed by atoms with Crippen molar-refractivity contribution in [3.63, 3.8) is 0 Å². The van der Waals surface area contributed by atoms with E-state index in [1.807, 2.05) is 0 Å². The molecule has 1 rings (SSSR count). The zero-order valence-electron chi connectivity index (χ0n) is 9.27. The monoisotopic (exact) mass is 195 g/mol. The van der Waals surface area contributed by atoms with Gasteiger partial charge in [-0.25, -0.2) is 4.98 Å². The van der Waals surface area contributed by atoms with Crippen molar-refractivity contribution in [1.82, 2.24) is 15.2 Å². The average molecular weight is 195 g/mol. The molecule has 1 aromatic heterocycles. The summed E-state index contributed by atoms with van der Waals surface area (Å²) >= 11 is 0. The first kappa shape index (κ1) is 11.0. The number of hydrogen-bond donors (Lipinski definition) is 0. The van der Waals surface area contributed by atoms with Crippen molar-refractivity contribution in [3.05, 3.63) is 18.2 Å².